The van der Waals surface area contributed by atoms with Crippen molar-refractivity contribution in [3.63, 3.8) is 0 Å². The van der Waals surface area contributed by atoms with Crippen LogP contribution in [-0.2, 0) is 4.74 Å². The van der Waals surface area contributed by atoms with Crippen LogP contribution in [0.3, 0.4) is 0 Å². The van der Waals surface area contributed by atoms with Crippen molar-refractivity contribution in [2.75, 3.05) is 25.1 Å². The second-order valence-electron chi connectivity index (χ2n) is 5.10. The van der Waals surface area contributed by atoms with Crippen LogP contribution in [0.4, 0.5) is 5.69 Å². The Hall–Kier alpha value is -1.97. The number of aromatic amines is 1. The monoisotopic (exact) mass is 258 g/mol. The molecule has 1 N–H and O–H groups in total. The molecular formula is C15H18N2O2. The van der Waals surface area contributed by atoms with Gasteiger partial charge in [0.05, 0.1) is 23.9 Å². The standard InChI is InChI=1S/C15H18N2O2/c1-10-7-11-8-12(15(18)19-2)9-13(14(11)16-10)17-5-3-4-6-17/h7-9,16H,3-6H2,1-2H3. The van der Waals surface area contributed by atoms with Gasteiger partial charge < -0.3 is 14.6 Å². The molecule has 0 saturated carbocycles. The Morgan fingerprint density at radius 3 is 2.68 bits per heavy atom. The summed E-state index contributed by atoms with van der Waals surface area (Å²) in [6, 6.07) is 5.90. The van der Waals surface area contributed by atoms with E-state index in [0.29, 0.717) is 5.56 Å². The van der Waals surface area contributed by atoms with Gasteiger partial charge in [0.25, 0.3) is 0 Å². The second-order valence-corrected chi connectivity index (χ2v) is 5.10. The molecule has 4 nitrogen and oxygen atoms in total. The molecule has 1 aromatic carbocycles. The molecule has 0 radical (unpaired) electrons. The topological polar surface area (TPSA) is 45.3 Å². The number of esters is 1. The molecule has 1 aliphatic heterocycles. The highest BCUT2D eigenvalue weighted by atomic mass is 16.5. The van der Waals surface area contributed by atoms with E-state index in [-0.39, 0.29) is 5.97 Å². The maximum absolute atomic E-state index is 11.8. The van der Waals surface area contributed by atoms with Gasteiger partial charge in [-0.1, -0.05) is 0 Å². The molecule has 2 aromatic rings. The van der Waals surface area contributed by atoms with Crippen molar-refractivity contribution < 1.29 is 9.53 Å². The summed E-state index contributed by atoms with van der Waals surface area (Å²) in [7, 11) is 1.42. The van der Waals surface area contributed by atoms with Crippen molar-refractivity contribution in [3.8, 4) is 0 Å². The molecule has 4 heteroatoms. The fourth-order valence-electron chi connectivity index (χ4n) is 2.81. The Kier molecular flexibility index (Phi) is 2.93. The van der Waals surface area contributed by atoms with E-state index < -0.39 is 0 Å². The van der Waals surface area contributed by atoms with Gasteiger partial charge in [0, 0.05) is 24.2 Å². The third kappa shape index (κ3) is 2.07. The average Bonchev–Trinajstić information content (AvgIpc) is 3.04. The highest BCUT2D eigenvalue weighted by molar-refractivity contribution is 6.00. The number of H-pyrrole nitrogens is 1. The molecule has 100 valence electrons. The number of hydrogen-bond acceptors (Lipinski definition) is 3. The van der Waals surface area contributed by atoms with Gasteiger partial charge in [-0.05, 0) is 38.0 Å². The van der Waals surface area contributed by atoms with E-state index in [0.717, 1.165) is 35.4 Å². The highest BCUT2D eigenvalue weighted by Crippen LogP contribution is 2.31. The number of nitrogens with zero attached hydrogens (tertiary/aromatic N) is 1. The molecule has 2 heterocycles. The van der Waals surface area contributed by atoms with Gasteiger partial charge in [0.2, 0.25) is 0 Å². The first-order valence-corrected chi connectivity index (χ1v) is 6.65. The van der Waals surface area contributed by atoms with E-state index in [1.54, 1.807) is 0 Å². The van der Waals surface area contributed by atoms with E-state index in [9.17, 15) is 4.79 Å². The second kappa shape index (κ2) is 4.61. The summed E-state index contributed by atoms with van der Waals surface area (Å²) < 4.78 is 4.84. The third-order valence-corrected chi connectivity index (χ3v) is 3.71. The minimum absolute atomic E-state index is 0.277. The molecule has 1 saturated heterocycles. The Labute approximate surface area is 112 Å². The first kappa shape index (κ1) is 12.1. The van der Waals surface area contributed by atoms with Gasteiger partial charge in [-0.25, -0.2) is 4.79 Å². The molecular weight excluding hydrogens is 240 g/mol. The molecule has 0 bridgehead atoms. The van der Waals surface area contributed by atoms with Crippen molar-refractivity contribution in [2.45, 2.75) is 19.8 Å². The van der Waals surface area contributed by atoms with Gasteiger partial charge in [0.15, 0.2) is 0 Å². The molecule has 3 rings (SSSR count). The predicted octanol–water partition coefficient (Wildman–Crippen LogP) is 2.86. The van der Waals surface area contributed by atoms with Crippen LogP contribution in [0.2, 0.25) is 0 Å². The summed E-state index contributed by atoms with van der Waals surface area (Å²) in [6.45, 7) is 4.14. The maximum Gasteiger partial charge on any atom is 0.337 e. The van der Waals surface area contributed by atoms with Crippen LogP contribution in [0.1, 0.15) is 28.9 Å². The van der Waals surface area contributed by atoms with Gasteiger partial charge in [-0.3, -0.25) is 0 Å². The number of nitrogens with one attached hydrogen (secondary N) is 1. The molecule has 19 heavy (non-hydrogen) atoms. The van der Waals surface area contributed by atoms with Crippen molar-refractivity contribution in [2.24, 2.45) is 0 Å². The minimum Gasteiger partial charge on any atom is -0.465 e. The number of carbonyl (C=O) groups is 1. The van der Waals surface area contributed by atoms with Gasteiger partial charge in [0.1, 0.15) is 0 Å². The van der Waals surface area contributed by atoms with E-state index in [1.165, 1.54) is 20.0 Å². The van der Waals surface area contributed by atoms with Gasteiger partial charge >= 0.3 is 5.97 Å². The van der Waals surface area contributed by atoms with Crippen molar-refractivity contribution in [1.29, 1.82) is 0 Å². The average molecular weight is 258 g/mol. The van der Waals surface area contributed by atoms with Crippen LogP contribution in [0.25, 0.3) is 10.9 Å². The normalized spacial score (nSPS) is 15.2. The highest BCUT2D eigenvalue weighted by Gasteiger charge is 2.19. The molecule has 0 aliphatic carbocycles. The van der Waals surface area contributed by atoms with Crippen LogP contribution in [0.5, 0.6) is 0 Å². The largest absolute Gasteiger partial charge is 0.465 e. The van der Waals surface area contributed by atoms with E-state index >= 15 is 0 Å². The number of aromatic nitrogens is 1. The third-order valence-electron chi connectivity index (χ3n) is 3.71. The molecule has 1 fully saturated rings. The van der Waals surface area contributed by atoms with Crippen LogP contribution in [-0.4, -0.2) is 31.2 Å². The Morgan fingerprint density at radius 2 is 2.00 bits per heavy atom. The summed E-state index contributed by atoms with van der Waals surface area (Å²) in [5.41, 5.74) is 3.96. The number of rotatable bonds is 2. The Bertz CT molecular complexity index is 624. The summed E-state index contributed by atoms with van der Waals surface area (Å²) in [5, 5.41) is 1.07. The number of fused-ring (bicyclic) bond motifs is 1. The zero-order valence-corrected chi connectivity index (χ0v) is 11.3. The molecule has 1 aromatic heterocycles. The van der Waals surface area contributed by atoms with Crippen molar-refractivity contribution in [1.82, 2.24) is 4.98 Å². The molecule has 0 atom stereocenters. The van der Waals surface area contributed by atoms with Crippen LogP contribution in [0.15, 0.2) is 18.2 Å². The van der Waals surface area contributed by atoms with Crippen molar-refractivity contribution >= 4 is 22.6 Å². The number of aryl methyl sites for hydroxylation is 1. The van der Waals surface area contributed by atoms with E-state index in [4.69, 9.17) is 4.74 Å². The first-order valence-electron chi connectivity index (χ1n) is 6.65. The molecule has 0 spiro atoms. The summed E-state index contributed by atoms with van der Waals surface area (Å²) >= 11 is 0. The lowest BCUT2D eigenvalue weighted by Crippen LogP contribution is -2.18. The zero-order valence-electron chi connectivity index (χ0n) is 11.3. The van der Waals surface area contributed by atoms with Gasteiger partial charge in [-0.15, -0.1) is 0 Å². The SMILES string of the molecule is COC(=O)c1cc(N2CCCC2)c2[nH]c(C)cc2c1. The quantitative estimate of drug-likeness (QED) is 0.842. The lowest BCUT2D eigenvalue weighted by atomic mass is 10.1. The minimum atomic E-state index is -0.277. The first-order chi connectivity index (χ1) is 9.19. The van der Waals surface area contributed by atoms with E-state index in [2.05, 4.69) is 16.0 Å². The summed E-state index contributed by atoms with van der Waals surface area (Å²) in [6.07, 6.45) is 2.42. The van der Waals surface area contributed by atoms with Crippen LogP contribution < -0.4 is 4.90 Å². The Balaban J connectivity index is 2.18. The predicted molar refractivity (Wildman–Crippen MR) is 75.8 cm³/mol. The lowest BCUT2D eigenvalue weighted by Gasteiger charge is -2.19. The Morgan fingerprint density at radius 1 is 1.26 bits per heavy atom. The number of methoxy groups -OCH3 is 1. The van der Waals surface area contributed by atoms with Crippen molar-refractivity contribution in [3.05, 3.63) is 29.5 Å². The number of carbonyl (C=O) groups excluding carboxylic acids is 1. The number of hydrogen-bond donors (Lipinski definition) is 1. The summed E-state index contributed by atoms with van der Waals surface area (Å²) in [4.78, 5) is 17.5. The molecule has 0 amide bonds. The molecule has 0 unspecified atom stereocenters. The lowest BCUT2D eigenvalue weighted by molar-refractivity contribution is 0.0601. The maximum atomic E-state index is 11.8. The van der Waals surface area contributed by atoms with Gasteiger partial charge in [-0.2, -0.15) is 0 Å². The fourth-order valence-corrected chi connectivity index (χ4v) is 2.81. The zero-order chi connectivity index (χ0) is 13.4. The number of benzene rings is 1. The summed E-state index contributed by atoms with van der Waals surface area (Å²) in [5.74, 6) is -0.277. The fraction of sp³-hybridized carbons (Fsp3) is 0.400. The smallest absolute Gasteiger partial charge is 0.337 e. The van der Waals surface area contributed by atoms with Crippen LogP contribution in [0, 0.1) is 6.92 Å². The number of ether oxygens (including phenoxy) is 1. The van der Waals surface area contributed by atoms with Crippen LogP contribution >= 0.6 is 0 Å². The number of anilines is 1. The van der Waals surface area contributed by atoms with E-state index in [1.807, 2.05) is 19.1 Å². The molecule has 1 aliphatic rings.